The van der Waals surface area contributed by atoms with Crippen LogP contribution in [0.4, 0.5) is 0 Å². The summed E-state index contributed by atoms with van der Waals surface area (Å²) in [5.41, 5.74) is 6.99. The summed E-state index contributed by atoms with van der Waals surface area (Å²) in [5.74, 6) is 0.441. The average Bonchev–Trinajstić information content (AvgIpc) is 3.33. The molecule has 1 aliphatic rings. The molecule has 108 valence electrons. The Hall–Kier alpha value is -2.12. The highest BCUT2D eigenvalue weighted by Crippen LogP contribution is 2.59. The Morgan fingerprint density at radius 2 is 0.818 bits per heavy atom. The maximum absolute atomic E-state index is 2.23. The van der Waals surface area contributed by atoms with Crippen LogP contribution in [0.1, 0.15) is 22.6 Å². The summed E-state index contributed by atoms with van der Waals surface area (Å²) in [6, 6.07) is 32.2. The fourth-order valence-electron chi connectivity index (χ4n) is 3.08. The van der Waals surface area contributed by atoms with E-state index in [2.05, 4.69) is 91.0 Å². The molecule has 0 aromatic heterocycles. The lowest BCUT2D eigenvalue weighted by molar-refractivity contribution is 1.25. The van der Waals surface area contributed by atoms with E-state index in [1.54, 1.807) is 0 Å². The third-order valence-corrected chi connectivity index (χ3v) is 4.09. The first-order valence-electron chi connectivity index (χ1n) is 7.35. The van der Waals surface area contributed by atoms with Crippen molar-refractivity contribution in [3.05, 3.63) is 108 Å². The fraction of sp³-hybridized carbons (Fsp3) is 0.0476. The molecule has 0 saturated heterocycles. The SMILES string of the molecule is Br.c1ccc(C2=C(c3ccccc3)C2c2ccccc2)cc1. The molecule has 3 aromatic carbocycles. The summed E-state index contributed by atoms with van der Waals surface area (Å²) in [7, 11) is 0. The first-order chi connectivity index (χ1) is 10.4. The molecule has 1 heteroatoms. The third kappa shape index (κ3) is 2.65. The Kier molecular flexibility index (Phi) is 4.26. The van der Waals surface area contributed by atoms with Crippen molar-refractivity contribution in [1.82, 2.24) is 0 Å². The Bertz CT molecular complexity index is 724. The lowest BCUT2D eigenvalue weighted by atomic mass is 10.0. The minimum Gasteiger partial charge on any atom is -0.114 e. The molecule has 0 aliphatic heterocycles. The largest absolute Gasteiger partial charge is 0.114 e. The van der Waals surface area contributed by atoms with Crippen molar-refractivity contribution >= 4 is 28.1 Å². The molecule has 0 amide bonds. The van der Waals surface area contributed by atoms with Gasteiger partial charge in [0.05, 0.1) is 0 Å². The van der Waals surface area contributed by atoms with Crippen molar-refractivity contribution in [3.8, 4) is 0 Å². The highest BCUT2D eigenvalue weighted by atomic mass is 79.9. The number of halogens is 1. The third-order valence-electron chi connectivity index (χ3n) is 4.09. The summed E-state index contributed by atoms with van der Waals surface area (Å²) in [4.78, 5) is 0. The van der Waals surface area contributed by atoms with Crippen LogP contribution >= 0.6 is 17.0 Å². The van der Waals surface area contributed by atoms with Crippen LogP contribution in [0.2, 0.25) is 0 Å². The van der Waals surface area contributed by atoms with Crippen LogP contribution < -0.4 is 0 Å². The minimum atomic E-state index is 0. The molecule has 3 aromatic rings. The van der Waals surface area contributed by atoms with Crippen LogP contribution in [-0.2, 0) is 0 Å². The monoisotopic (exact) mass is 348 g/mol. The predicted octanol–water partition coefficient (Wildman–Crippen LogP) is 5.97. The molecule has 0 radical (unpaired) electrons. The van der Waals surface area contributed by atoms with Crippen LogP contribution in [-0.4, -0.2) is 0 Å². The van der Waals surface area contributed by atoms with E-state index in [1.165, 1.54) is 27.8 Å². The molecule has 0 spiro atoms. The summed E-state index contributed by atoms with van der Waals surface area (Å²) in [5, 5.41) is 0. The van der Waals surface area contributed by atoms with E-state index in [0.717, 1.165) is 0 Å². The second-order valence-corrected chi connectivity index (χ2v) is 5.40. The molecule has 1 aliphatic carbocycles. The molecule has 0 bridgehead atoms. The molecule has 0 nitrogen and oxygen atoms in total. The second kappa shape index (κ2) is 6.33. The van der Waals surface area contributed by atoms with Gasteiger partial charge in [-0.3, -0.25) is 0 Å². The fourth-order valence-corrected chi connectivity index (χ4v) is 3.08. The summed E-state index contributed by atoms with van der Waals surface area (Å²) in [6.07, 6.45) is 0. The van der Waals surface area contributed by atoms with Crippen LogP contribution in [0.5, 0.6) is 0 Å². The van der Waals surface area contributed by atoms with E-state index < -0.39 is 0 Å². The zero-order chi connectivity index (χ0) is 14.1. The van der Waals surface area contributed by atoms with Gasteiger partial charge in [-0.1, -0.05) is 91.0 Å². The standard InChI is InChI=1S/C21H16.BrH/c1-4-10-16(11-5-1)19-20(17-12-6-2-7-13-17)21(19)18-14-8-3-9-15-18;/h1-15,19H;1H. The van der Waals surface area contributed by atoms with Gasteiger partial charge in [-0.05, 0) is 27.8 Å². The lowest BCUT2D eigenvalue weighted by Gasteiger charge is -2.02. The Balaban J connectivity index is 0.00000144. The number of allylic oxidation sites excluding steroid dienone is 2. The Labute approximate surface area is 141 Å². The minimum absolute atomic E-state index is 0. The van der Waals surface area contributed by atoms with Gasteiger partial charge in [0, 0.05) is 5.92 Å². The van der Waals surface area contributed by atoms with Crippen LogP contribution in [0.3, 0.4) is 0 Å². The van der Waals surface area contributed by atoms with E-state index in [-0.39, 0.29) is 17.0 Å². The van der Waals surface area contributed by atoms with Crippen molar-refractivity contribution in [2.75, 3.05) is 0 Å². The molecular formula is C21H17Br. The van der Waals surface area contributed by atoms with E-state index in [0.29, 0.717) is 5.92 Å². The van der Waals surface area contributed by atoms with Gasteiger partial charge in [0.15, 0.2) is 0 Å². The van der Waals surface area contributed by atoms with Gasteiger partial charge in [-0.2, -0.15) is 0 Å². The van der Waals surface area contributed by atoms with Gasteiger partial charge >= 0.3 is 0 Å². The van der Waals surface area contributed by atoms with E-state index in [4.69, 9.17) is 0 Å². The van der Waals surface area contributed by atoms with Crippen molar-refractivity contribution in [2.24, 2.45) is 0 Å². The topological polar surface area (TPSA) is 0 Å². The Morgan fingerprint density at radius 3 is 1.23 bits per heavy atom. The van der Waals surface area contributed by atoms with Crippen molar-refractivity contribution in [2.45, 2.75) is 5.92 Å². The maximum atomic E-state index is 2.23. The molecule has 22 heavy (non-hydrogen) atoms. The zero-order valence-electron chi connectivity index (χ0n) is 12.1. The molecule has 0 unspecified atom stereocenters. The van der Waals surface area contributed by atoms with Crippen LogP contribution in [0.25, 0.3) is 11.1 Å². The van der Waals surface area contributed by atoms with Gasteiger partial charge in [-0.15, -0.1) is 17.0 Å². The smallest absolute Gasteiger partial charge is 0.0358 e. The first-order valence-corrected chi connectivity index (χ1v) is 7.35. The predicted molar refractivity (Wildman–Crippen MR) is 99.2 cm³/mol. The van der Waals surface area contributed by atoms with Gasteiger partial charge in [-0.25, -0.2) is 0 Å². The normalized spacial score (nSPS) is 13.6. The summed E-state index contributed by atoms with van der Waals surface area (Å²) in [6.45, 7) is 0. The van der Waals surface area contributed by atoms with E-state index in [1.807, 2.05) is 0 Å². The summed E-state index contributed by atoms with van der Waals surface area (Å²) >= 11 is 0. The van der Waals surface area contributed by atoms with E-state index >= 15 is 0 Å². The van der Waals surface area contributed by atoms with Crippen LogP contribution in [0, 0.1) is 0 Å². The number of hydrogen-bond acceptors (Lipinski definition) is 0. The van der Waals surface area contributed by atoms with Crippen molar-refractivity contribution in [3.63, 3.8) is 0 Å². The highest BCUT2D eigenvalue weighted by molar-refractivity contribution is 8.93. The lowest BCUT2D eigenvalue weighted by Crippen LogP contribution is -1.84. The van der Waals surface area contributed by atoms with E-state index in [9.17, 15) is 0 Å². The van der Waals surface area contributed by atoms with Gasteiger partial charge in [0.1, 0.15) is 0 Å². The number of rotatable bonds is 3. The molecule has 0 heterocycles. The average molecular weight is 349 g/mol. The highest BCUT2D eigenvalue weighted by Gasteiger charge is 2.38. The first kappa shape index (κ1) is 14.8. The quantitative estimate of drug-likeness (QED) is 0.546. The van der Waals surface area contributed by atoms with Gasteiger partial charge in [0.25, 0.3) is 0 Å². The molecule has 0 saturated carbocycles. The zero-order valence-corrected chi connectivity index (χ0v) is 13.9. The van der Waals surface area contributed by atoms with Crippen molar-refractivity contribution in [1.29, 1.82) is 0 Å². The number of hydrogen-bond donors (Lipinski definition) is 0. The summed E-state index contributed by atoms with van der Waals surface area (Å²) < 4.78 is 0. The van der Waals surface area contributed by atoms with Crippen molar-refractivity contribution < 1.29 is 0 Å². The number of benzene rings is 3. The molecule has 0 fully saturated rings. The molecule has 0 atom stereocenters. The Morgan fingerprint density at radius 1 is 0.455 bits per heavy atom. The molecular weight excluding hydrogens is 332 g/mol. The van der Waals surface area contributed by atoms with Crippen LogP contribution in [0.15, 0.2) is 91.0 Å². The molecule has 4 rings (SSSR count). The second-order valence-electron chi connectivity index (χ2n) is 5.40. The van der Waals surface area contributed by atoms with Gasteiger partial charge in [0.2, 0.25) is 0 Å². The molecule has 0 N–H and O–H groups in total. The maximum Gasteiger partial charge on any atom is 0.0358 e. The van der Waals surface area contributed by atoms with Gasteiger partial charge < -0.3 is 0 Å².